The van der Waals surface area contributed by atoms with Crippen molar-refractivity contribution < 1.29 is 59.2 Å². The van der Waals surface area contributed by atoms with Crippen LogP contribution in [0.2, 0.25) is 0 Å². The van der Waals surface area contributed by atoms with Crippen molar-refractivity contribution in [2.45, 2.75) is 13.8 Å². The van der Waals surface area contributed by atoms with Gasteiger partial charge < -0.3 is 5.11 Å². The van der Waals surface area contributed by atoms with Crippen molar-refractivity contribution in [3.05, 3.63) is 194 Å². The summed E-state index contributed by atoms with van der Waals surface area (Å²) in [5.74, 6) is -0.0625. The Kier molecular flexibility index (Phi) is 20.1. The van der Waals surface area contributed by atoms with Crippen molar-refractivity contribution in [1.29, 1.82) is 0 Å². The van der Waals surface area contributed by atoms with E-state index in [-0.39, 0.29) is 32.0 Å². The van der Waals surface area contributed by atoms with Crippen molar-refractivity contribution in [3.63, 3.8) is 0 Å². The maximum Gasteiger partial charge on any atom is 0.155 e. The summed E-state index contributed by atoms with van der Waals surface area (Å²) >= 11 is 0. The van der Waals surface area contributed by atoms with Crippen molar-refractivity contribution in [1.82, 2.24) is 0 Å². The van der Waals surface area contributed by atoms with E-state index in [9.17, 15) is 4.79 Å². The molecule has 1 N–H and O–H groups in total. The Labute approximate surface area is 318 Å². The number of aliphatic hydroxyl groups excluding tert-OH is 1. The second-order valence-electron chi connectivity index (χ2n) is 10.5. The molecule has 6 nitrogen and oxygen atoms in total. The fraction of sp³-hybridized carbons (Fsp3) is 0.0488. The van der Waals surface area contributed by atoms with E-state index in [0.29, 0.717) is 0 Å². The molecule has 266 valence electrons. The zero-order valence-corrected chi connectivity index (χ0v) is 32.1. The van der Waals surface area contributed by atoms with Gasteiger partial charge in [-0.15, -0.1) is 10.2 Å². The van der Waals surface area contributed by atoms with Gasteiger partial charge in [0.05, 0.1) is 5.76 Å². The molecule has 51 heavy (non-hydrogen) atoms. The number of ketones is 1. The van der Waals surface area contributed by atoms with Gasteiger partial charge in [0.2, 0.25) is 0 Å². The van der Waals surface area contributed by atoms with E-state index in [1.54, 1.807) is 0 Å². The van der Waals surface area contributed by atoms with Gasteiger partial charge in [-0.2, -0.15) is 0 Å². The molecular formula is C41H38ClO6P2Pd-. The summed E-state index contributed by atoms with van der Waals surface area (Å²) in [6.07, 6.45) is 1.17. The van der Waals surface area contributed by atoms with Gasteiger partial charge in [-0.05, 0) is 61.5 Å². The fourth-order valence-corrected chi connectivity index (χ4v) is 9.26. The van der Waals surface area contributed by atoms with Crippen molar-refractivity contribution in [2.24, 2.45) is 0 Å². The number of benzene rings is 6. The number of carbonyl (C=O) groups is 1. The number of aliphatic hydroxyl groups is 1. The molecule has 0 unspecified atom stereocenters. The quantitative estimate of drug-likeness (QED) is 0.114. The summed E-state index contributed by atoms with van der Waals surface area (Å²) in [5.41, 5.74) is 0. The molecule has 6 aromatic rings. The van der Waals surface area contributed by atoms with Crippen LogP contribution in [0, 0.1) is 10.2 Å². The molecule has 0 aliphatic heterocycles. The Balaban J connectivity index is 0.000000266. The molecule has 0 saturated heterocycles. The van der Waals surface area contributed by atoms with Crippen molar-refractivity contribution in [3.8, 4) is 0 Å². The first-order valence-corrected chi connectivity index (χ1v) is 19.3. The molecule has 0 aliphatic carbocycles. The predicted octanol–water partition coefficient (Wildman–Crippen LogP) is 3.17. The van der Waals surface area contributed by atoms with E-state index < -0.39 is 26.1 Å². The maximum absolute atomic E-state index is 10.0. The van der Waals surface area contributed by atoms with Crippen LogP contribution in [0.15, 0.2) is 194 Å². The van der Waals surface area contributed by atoms with Crippen LogP contribution >= 0.6 is 15.8 Å². The third kappa shape index (κ3) is 17.3. The minimum atomic E-state index is -4.94. The third-order valence-electron chi connectivity index (χ3n) is 6.50. The maximum atomic E-state index is 10.0. The van der Waals surface area contributed by atoms with Gasteiger partial charge in [-0.1, -0.05) is 182 Å². The Hall–Kier alpha value is -3.82. The number of hydrogen-bond donors (Lipinski definition) is 1. The van der Waals surface area contributed by atoms with E-state index in [0.717, 1.165) is 0 Å². The van der Waals surface area contributed by atoms with Crippen LogP contribution in [-0.2, 0) is 25.2 Å². The predicted molar refractivity (Wildman–Crippen MR) is 197 cm³/mol. The van der Waals surface area contributed by atoms with Gasteiger partial charge in [0.25, 0.3) is 0 Å². The summed E-state index contributed by atoms with van der Waals surface area (Å²) in [4.78, 5) is 10.0. The van der Waals surface area contributed by atoms with Crippen LogP contribution in [0.4, 0.5) is 0 Å². The number of rotatable bonds is 7. The molecule has 0 spiro atoms. The zero-order chi connectivity index (χ0) is 36.2. The molecular weight excluding hydrogens is 792 g/mol. The molecule has 0 saturated carbocycles. The van der Waals surface area contributed by atoms with Crippen LogP contribution < -0.4 is 50.5 Å². The smallest absolute Gasteiger partial charge is 0.155 e. The molecule has 0 amide bonds. The summed E-state index contributed by atoms with van der Waals surface area (Å²) in [5, 5.41) is 16.8. The Bertz CT molecular complexity index is 1520. The zero-order valence-electron chi connectivity index (χ0n) is 28.0. The van der Waals surface area contributed by atoms with Crippen molar-refractivity contribution in [2.75, 3.05) is 0 Å². The third-order valence-corrected chi connectivity index (χ3v) is 11.4. The first-order valence-electron chi connectivity index (χ1n) is 15.4. The second-order valence-corrected chi connectivity index (χ2v) is 15.7. The van der Waals surface area contributed by atoms with E-state index >= 15 is 0 Å². The van der Waals surface area contributed by atoms with E-state index in [1.165, 1.54) is 51.8 Å². The van der Waals surface area contributed by atoms with Gasteiger partial charge in [-0.25, -0.2) is 18.6 Å². The Morgan fingerprint density at radius 3 is 0.706 bits per heavy atom. The van der Waals surface area contributed by atoms with Gasteiger partial charge in [-0.3, -0.25) is 4.79 Å². The second kappa shape index (κ2) is 23.6. The number of halogens is 1. The monoisotopic (exact) mass is 829 g/mol. The van der Waals surface area contributed by atoms with Crippen LogP contribution in [0.3, 0.4) is 0 Å². The van der Waals surface area contributed by atoms with Gasteiger partial charge in [0.15, 0.2) is 5.78 Å². The van der Waals surface area contributed by atoms with E-state index in [4.69, 9.17) is 23.7 Å². The first-order chi connectivity index (χ1) is 24.0. The SMILES string of the molecule is CC(=O)/C=C(/C)O.[O-][Cl+3]([O-])([O-])[O-].[Pd].c1ccc(P(c2ccccc2)c2ccccc2)cc1.c1ccc(P(c2ccccc2)c2ccccc2)cc1. The molecule has 0 radical (unpaired) electrons. The molecule has 6 aromatic carbocycles. The molecule has 0 atom stereocenters. The van der Waals surface area contributed by atoms with Crippen LogP contribution in [0.25, 0.3) is 0 Å². The van der Waals surface area contributed by atoms with E-state index in [2.05, 4.69) is 182 Å². The van der Waals surface area contributed by atoms with Gasteiger partial charge in [0.1, 0.15) is 0 Å². The topological polar surface area (TPSA) is 130 Å². The Morgan fingerprint density at radius 2 is 0.608 bits per heavy atom. The molecule has 10 heteroatoms. The van der Waals surface area contributed by atoms with Crippen molar-refractivity contribution >= 4 is 53.5 Å². The summed E-state index contributed by atoms with van der Waals surface area (Å²) < 4.78 is 34.0. The number of hydrogen-bond acceptors (Lipinski definition) is 6. The van der Waals surface area contributed by atoms with E-state index in [1.807, 2.05) is 0 Å². The minimum Gasteiger partial charge on any atom is -0.512 e. The fourth-order valence-electron chi connectivity index (χ4n) is 4.65. The largest absolute Gasteiger partial charge is 0.512 e. The summed E-state index contributed by atoms with van der Waals surface area (Å²) in [6, 6.07) is 64.7. The molecule has 0 heterocycles. The average Bonchev–Trinajstić information content (AvgIpc) is 3.11. The van der Waals surface area contributed by atoms with Crippen LogP contribution in [-0.4, -0.2) is 10.9 Å². The summed E-state index contributed by atoms with van der Waals surface area (Å²) in [7, 11) is -5.84. The summed E-state index contributed by atoms with van der Waals surface area (Å²) in [6.45, 7) is 2.85. The average molecular weight is 831 g/mol. The van der Waals surface area contributed by atoms with Gasteiger partial charge in [0, 0.05) is 26.5 Å². The molecule has 0 bridgehead atoms. The standard InChI is InChI=1S/2C18H15P.C5H8O2.ClHO4.Pd/c2*1-4-10-16(11-5-1)19(17-12-6-2-7-13-17)18-14-8-3-9-15-18;1-4(6)3-5(2)7;2-1(3,4)5;/h2*1-15H;3,6H,1-2H3;(H,2,3,4,5);/p-1/b;;4-3-;;. The van der Waals surface area contributed by atoms with Crippen LogP contribution in [0.1, 0.15) is 13.8 Å². The first kappa shape index (κ1) is 43.3. The van der Waals surface area contributed by atoms with Crippen LogP contribution in [0.5, 0.6) is 0 Å². The molecule has 0 fully saturated rings. The Morgan fingerprint density at radius 1 is 0.451 bits per heavy atom. The number of carbonyl (C=O) groups excluding carboxylic acids is 1. The number of allylic oxidation sites excluding steroid dienone is 2. The normalized spacial score (nSPS) is 10.6. The van der Waals surface area contributed by atoms with Gasteiger partial charge >= 0.3 is 0 Å². The molecule has 0 aromatic heterocycles. The molecule has 0 aliphatic rings. The minimum absolute atomic E-state index is 0. The molecule has 6 rings (SSSR count).